The minimum absolute atomic E-state index is 0.263. The van der Waals surface area contributed by atoms with Crippen LogP contribution >= 0.6 is 0 Å². The van der Waals surface area contributed by atoms with Gasteiger partial charge in [0.25, 0.3) is 0 Å². The standard InChI is InChI=1S/C15H28N2O/c1-15(9-6-10-16-11-15)12-17-14(18)13-7-4-2-3-5-8-13/h13,16H,2-12H2,1H3,(H,17,18). The third-order valence-electron chi connectivity index (χ3n) is 4.60. The minimum Gasteiger partial charge on any atom is -0.355 e. The molecule has 0 aromatic heterocycles. The van der Waals surface area contributed by atoms with E-state index in [0.29, 0.717) is 5.91 Å². The zero-order valence-corrected chi connectivity index (χ0v) is 11.8. The van der Waals surface area contributed by atoms with Gasteiger partial charge in [-0.2, -0.15) is 0 Å². The Kier molecular flexibility index (Phi) is 5.04. The smallest absolute Gasteiger partial charge is 0.223 e. The summed E-state index contributed by atoms with van der Waals surface area (Å²) in [6.45, 7) is 5.30. The van der Waals surface area contributed by atoms with E-state index in [0.717, 1.165) is 32.5 Å². The number of amides is 1. The van der Waals surface area contributed by atoms with E-state index >= 15 is 0 Å². The van der Waals surface area contributed by atoms with E-state index in [2.05, 4.69) is 17.6 Å². The number of carbonyl (C=O) groups excluding carboxylic acids is 1. The average molecular weight is 252 g/mol. The molecule has 104 valence electrons. The van der Waals surface area contributed by atoms with Gasteiger partial charge in [0.15, 0.2) is 0 Å². The highest BCUT2D eigenvalue weighted by atomic mass is 16.1. The molecule has 1 atom stereocenters. The van der Waals surface area contributed by atoms with Gasteiger partial charge in [0.2, 0.25) is 5.91 Å². The van der Waals surface area contributed by atoms with Crippen molar-refractivity contribution in [3.05, 3.63) is 0 Å². The summed E-state index contributed by atoms with van der Waals surface area (Å²) in [5.41, 5.74) is 0.263. The molecule has 2 rings (SSSR count). The molecule has 1 aliphatic carbocycles. The van der Waals surface area contributed by atoms with Gasteiger partial charge in [-0.05, 0) is 37.6 Å². The molecule has 0 aromatic rings. The lowest BCUT2D eigenvalue weighted by Crippen LogP contribution is -2.46. The molecule has 0 bridgehead atoms. The van der Waals surface area contributed by atoms with Gasteiger partial charge >= 0.3 is 0 Å². The summed E-state index contributed by atoms with van der Waals surface area (Å²) in [5, 5.41) is 6.65. The van der Waals surface area contributed by atoms with E-state index in [4.69, 9.17) is 0 Å². The quantitative estimate of drug-likeness (QED) is 0.758. The molecule has 2 N–H and O–H groups in total. The van der Waals surface area contributed by atoms with Crippen LogP contribution in [-0.2, 0) is 4.79 Å². The minimum atomic E-state index is 0.263. The molecule has 1 saturated heterocycles. The summed E-state index contributed by atoms with van der Waals surface area (Å²) >= 11 is 0. The van der Waals surface area contributed by atoms with Crippen molar-refractivity contribution in [3.63, 3.8) is 0 Å². The highest BCUT2D eigenvalue weighted by Crippen LogP contribution is 2.26. The fraction of sp³-hybridized carbons (Fsp3) is 0.933. The van der Waals surface area contributed by atoms with Crippen molar-refractivity contribution < 1.29 is 4.79 Å². The van der Waals surface area contributed by atoms with Gasteiger partial charge in [-0.1, -0.05) is 32.6 Å². The first-order chi connectivity index (χ1) is 8.70. The maximum absolute atomic E-state index is 12.2. The highest BCUT2D eigenvalue weighted by molar-refractivity contribution is 5.78. The molecule has 3 heteroatoms. The third-order valence-corrected chi connectivity index (χ3v) is 4.60. The van der Waals surface area contributed by atoms with Gasteiger partial charge in [0.1, 0.15) is 0 Å². The van der Waals surface area contributed by atoms with Crippen LogP contribution in [0.15, 0.2) is 0 Å². The number of hydrogen-bond acceptors (Lipinski definition) is 2. The second-order valence-corrected chi connectivity index (χ2v) is 6.50. The molecule has 18 heavy (non-hydrogen) atoms. The number of hydrogen-bond donors (Lipinski definition) is 2. The summed E-state index contributed by atoms with van der Waals surface area (Å²) in [4.78, 5) is 12.2. The van der Waals surface area contributed by atoms with E-state index in [1.165, 1.54) is 38.5 Å². The van der Waals surface area contributed by atoms with Crippen LogP contribution in [0.25, 0.3) is 0 Å². The van der Waals surface area contributed by atoms with Crippen molar-refractivity contribution in [1.29, 1.82) is 0 Å². The summed E-state index contributed by atoms with van der Waals surface area (Å²) in [6.07, 6.45) is 9.74. The maximum atomic E-state index is 12.2. The Morgan fingerprint density at radius 3 is 2.56 bits per heavy atom. The molecular formula is C15H28N2O. The number of rotatable bonds is 3. The third kappa shape index (κ3) is 3.98. The lowest BCUT2D eigenvalue weighted by Gasteiger charge is -2.34. The molecule has 1 unspecified atom stereocenters. The Morgan fingerprint density at radius 1 is 1.22 bits per heavy atom. The fourth-order valence-electron chi connectivity index (χ4n) is 3.26. The molecule has 0 radical (unpaired) electrons. The van der Waals surface area contributed by atoms with E-state index in [9.17, 15) is 4.79 Å². The topological polar surface area (TPSA) is 41.1 Å². The number of carbonyl (C=O) groups is 1. The van der Waals surface area contributed by atoms with Gasteiger partial charge in [-0.3, -0.25) is 4.79 Å². The van der Waals surface area contributed by atoms with Crippen molar-refractivity contribution in [2.75, 3.05) is 19.6 Å². The Morgan fingerprint density at radius 2 is 1.94 bits per heavy atom. The van der Waals surface area contributed by atoms with Gasteiger partial charge < -0.3 is 10.6 Å². The molecule has 1 aliphatic heterocycles. The van der Waals surface area contributed by atoms with Crippen molar-refractivity contribution in [1.82, 2.24) is 10.6 Å². The SMILES string of the molecule is CC1(CNC(=O)C2CCCCCC2)CCCNC1. The second kappa shape index (κ2) is 6.55. The summed E-state index contributed by atoms with van der Waals surface area (Å²) in [7, 11) is 0. The molecule has 1 amide bonds. The van der Waals surface area contributed by atoms with Crippen molar-refractivity contribution in [3.8, 4) is 0 Å². The largest absolute Gasteiger partial charge is 0.355 e. The summed E-state index contributed by atoms with van der Waals surface area (Å²) in [5.74, 6) is 0.594. The zero-order valence-electron chi connectivity index (χ0n) is 11.8. The molecular weight excluding hydrogens is 224 g/mol. The molecule has 1 saturated carbocycles. The number of piperidine rings is 1. The Labute approximate surface area is 111 Å². The molecule has 2 aliphatic rings. The van der Waals surface area contributed by atoms with Crippen molar-refractivity contribution >= 4 is 5.91 Å². The van der Waals surface area contributed by atoms with Gasteiger partial charge in [0.05, 0.1) is 0 Å². The Bertz CT molecular complexity index is 264. The van der Waals surface area contributed by atoms with Crippen LogP contribution in [-0.4, -0.2) is 25.5 Å². The van der Waals surface area contributed by atoms with E-state index in [1.807, 2.05) is 0 Å². The normalized spacial score (nSPS) is 30.7. The Balaban J connectivity index is 1.76. The van der Waals surface area contributed by atoms with Gasteiger partial charge in [-0.25, -0.2) is 0 Å². The predicted molar refractivity (Wildman–Crippen MR) is 74.4 cm³/mol. The lowest BCUT2D eigenvalue weighted by molar-refractivity contribution is -0.125. The predicted octanol–water partition coefficient (Wildman–Crippen LogP) is 2.46. The van der Waals surface area contributed by atoms with Crippen LogP contribution in [0.2, 0.25) is 0 Å². The first kappa shape index (κ1) is 13.9. The maximum Gasteiger partial charge on any atom is 0.223 e. The highest BCUT2D eigenvalue weighted by Gasteiger charge is 2.28. The van der Waals surface area contributed by atoms with Crippen LogP contribution in [0, 0.1) is 11.3 Å². The summed E-state index contributed by atoms with van der Waals surface area (Å²) < 4.78 is 0. The van der Waals surface area contributed by atoms with Gasteiger partial charge in [0, 0.05) is 19.0 Å². The molecule has 0 aromatic carbocycles. The van der Waals surface area contributed by atoms with E-state index in [1.54, 1.807) is 0 Å². The number of nitrogens with one attached hydrogen (secondary N) is 2. The van der Waals surface area contributed by atoms with Crippen molar-refractivity contribution in [2.24, 2.45) is 11.3 Å². The van der Waals surface area contributed by atoms with Crippen LogP contribution in [0.5, 0.6) is 0 Å². The monoisotopic (exact) mass is 252 g/mol. The van der Waals surface area contributed by atoms with Crippen LogP contribution in [0.4, 0.5) is 0 Å². The first-order valence-electron chi connectivity index (χ1n) is 7.68. The second-order valence-electron chi connectivity index (χ2n) is 6.50. The summed E-state index contributed by atoms with van der Waals surface area (Å²) in [6, 6.07) is 0. The van der Waals surface area contributed by atoms with Crippen LogP contribution in [0.3, 0.4) is 0 Å². The van der Waals surface area contributed by atoms with E-state index < -0.39 is 0 Å². The van der Waals surface area contributed by atoms with Crippen LogP contribution < -0.4 is 10.6 Å². The first-order valence-corrected chi connectivity index (χ1v) is 7.68. The molecule has 1 heterocycles. The zero-order chi connectivity index (χ0) is 12.8. The van der Waals surface area contributed by atoms with E-state index in [-0.39, 0.29) is 11.3 Å². The molecule has 2 fully saturated rings. The lowest BCUT2D eigenvalue weighted by atomic mass is 9.82. The fourth-order valence-corrected chi connectivity index (χ4v) is 3.26. The molecule has 3 nitrogen and oxygen atoms in total. The van der Waals surface area contributed by atoms with Crippen LogP contribution in [0.1, 0.15) is 58.3 Å². The Hall–Kier alpha value is -0.570. The molecule has 0 spiro atoms. The van der Waals surface area contributed by atoms with Crippen molar-refractivity contribution in [2.45, 2.75) is 58.3 Å². The van der Waals surface area contributed by atoms with Gasteiger partial charge in [-0.15, -0.1) is 0 Å². The average Bonchev–Trinajstić information content (AvgIpc) is 2.66.